The van der Waals surface area contributed by atoms with Crippen LogP contribution in [0.15, 0.2) is 48.5 Å². The van der Waals surface area contributed by atoms with E-state index >= 15 is 0 Å². The molecule has 0 spiro atoms. The van der Waals surface area contributed by atoms with Crippen molar-refractivity contribution in [3.05, 3.63) is 54.1 Å². The number of benzene rings is 2. The summed E-state index contributed by atoms with van der Waals surface area (Å²) in [6.07, 6.45) is 1.28. The van der Waals surface area contributed by atoms with Crippen molar-refractivity contribution in [3.63, 3.8) is 0 Å². The van der Waals surface area contributed by atoms with Gasteiger partial charge in [-0.25, -0.2) is 0 Å². The maximum atomic E-state index is 10.3. The highest BCUT2D eigenvalue weighted by atomic mass is 35.5. The van der Waals surface area contributed by atoms with Crippen molar-refractivity contribution >= 4 is 12.4 Å². The molecule has 2 aromatic rings. The number of hydrogen-bond acceptors (Lipinski definition) is 6. The zero-order valence-corrected chi connectivity index (χ0v) is 17.2. The molecule has 0 aromatic heterocycles. The van der Waals surface area contributed by atoms with Crippen molar-refractivity contribution in [2.45, 2.75) is 24.4 Å². The van der Waals surface area contributed by atoms with E-state index in [9.17, 15) is 5.11 Å². The van der Waals surface area contributed by atoms with Crippen LogP contribution in [0.4, 0.5) is 0 Å². The lowest BCUT2D eigenvalue weighted by Gasteiger charge is -2.38. The molecule has 4 rings (SSSR count). The van der Waals surface area contributed by atoms with Crippen LogP contribution in [-0.2, 0) is 10.2 Å². The number of para-hydroxylation sites is 1. The number of halogens is 1. The van der Waals surface area contributed by atoms with Gasteiger partial charge in [-0.05, 0) is 42.7 Å². The van der Waals surface area contributed by atoms with E-state index in [1.807, 2.05) is 36.4 Å². The summed E-state index contributed by atoms with van der Waals surface area (Å²) in [5.74, 6) is 2.37. The Bertz CT molecular complexity index is 767. The van der Waals surface area contributed by atoms with E-state index in [1.54, 1.807) is 0 Å². The number of aliphatic hydroxyl groups is 1. The fraction of sp³-hybridized carbons (Fsp3) is 0.455. The number of aliphatic hydroxyl groups excluding tert-OH is 1. The Morgan fingerprint density at radius 2 is 1.79 bits per heavy atom. The van der Waals surface area contributed by atoms with E-state index in [2.05, 4.69) is 17.4 Å². The Morgan fingerprint density at radius 3 is 2.59 bits per heavy atom. The zero-order chi connectivity index (χ0) is 19.2. The zero-order valence-electron chi connectivity index (χ0n) is 16.3. The first-order valence-electron chi connectivity index (χ1n) is 9.80. The summed E-state index contributed by atoms with van der Waals surface area (Å²) in [5, 5.41) is 13.7. The summed E-state index contributed by atoms with van der Waals surface area (Å²) < 4.78 is 22.2. The number of ether oxygens (including phenoxy) is 4. The molecular weight excluding hydrogens is 394 g/mol. The number of rotatable bonds is 8. The van der Waals surface area contributed by atoms with Gasteiger partial charge in [-0.2, -0.15) is 0 Å². The van der Waals surface area contributed by atoms with E-state index in [4.69, 9.17) is 18.9 Å². The smallest absolute Gasteiger partial charge is 0.231 e. The van der Waals surface area contributed by atoms with Crippen molar-refractivity contribution < 1.29 is 24.1 Å². The van der Waals surface area contributed by atoms with Crippen LogP contribution in [0.3, 0.4) is 0 Å². The SMILES string of the molecule is Cl.OC(CNCC1(c2ccc3c(c2)OCO3)CCOCC1)COc1ccccc1. The molecule has 7 heteroatoms. The van der Waals surface area contributed by atoms with Crippen LogP contribution in [-0.4, -0.2) is 50.9 Å². The van der Waals surface area contributed by atoms with Gasteiger partial charge in [0.15, 0.2) is 11.5 Å². The Hall–Kier alpha value is -1.99. The van der Waals surface area contributed by atoms with E-state index in [0.717, 1.165) is 49.8 Å². The molecule has 0 bridgehead atoms. The van der Waals surface area contributed by atoms with Gasteiger partial charge in [0.2, 0.25) is 6.79 Å². The van der Waals surface area contributed by atoms with Crippen LogP contribution < -0.4 is 19.5 Å². The molecule has 1 unspecified atom stereocenters. The minimum Gasteiger partial charge on any atom is -0.491 e. The molecule has 0 amide bonds. The molecule has 29 heavy (non-hydrogen) atoms. The quantitative estimate of drug-likeness (QED) is 0.683. The van der Waals surface area contributed by atoms with E-state index in [1.165, 1.54) is 5.56 Å². The Morgan fingerprint density at radius 1 is 1.03 bits per heavy atom. The highest BCUT2D eigenvalue weighted by Gasteiger charge is 2.35. The Kier molecular flexibility index (Phi) is 7.61. The molecule has 1 atom stereocenters. The molecule has 0 saturated carbocycles. The lowest BCUT2D eigenvalue weighted by atomic mass is 9.74. The number of hydrogen-bond donors (Lipinski definition) is 2. The summed E-state index contributed by atoms with van der Waals surface area (Å²) >= 11 is 0. The Balaban J connectivity index is 0.00000240. The monoisotopic (exact) mass is 421 g/mol. The van der Waals surface area contributed by atoms with Gasteiger partial charge in [0.1, 0.15) is 18.5 Å². The minimum absolute atomic E-state index is 0. The van der Waals surface area contributed by atoms with Gasteiger partial charge in [0.25, 0.3) is 0 Å². The van der Waals surface area contributed by atoms with Crippen LogP contribution in [0.2, 0.25) is 0 Å². The third-order valence-corrected chi connectivity index (χ3v) is 5.46. The molecule has 2 aromatic carbocycles. The topological polar surface area (TPSA) is 69.2 Å². The van der Waals surface area contributed by atoms with E-state index in [-0.39, 0.29) is 31.2 Å². The lowest BCUT2D eigenvalue weighted by molar-refractivity contribution is 0.0469. The predicted molar refractivity (Wildman–Crippen MR) is 112 cm³/mol. The van der Waals surface area contributed by atoms with E-state index < -0.39 is 6.10 Å². The van der Waals surface area contributed by atoms with Crippen LogP contribution >= 0.6 is 12.4 Å². The average molecular weight is 422 g/mol. The standard InChI is InChI=1S/C22H27NO5.ClH/c24-18(14-26-19-4-2-1-3-5-19)13-23-15-22(8-10-25-11-9-22)17-6-7-20-21(12-17)28-16-27-20;/h1-7,12,18,23-24H,8-11,13-16H2;1H. The van der Waals surface area contributed by atoms with Crippen molar-refractivity contribution in [2.75, 3.05) is 39.7 Å². The lowest BCUT2D eigenvalue weighted by Crippen LogP contribution is -2.45. The van der Waals surface area contributed by atoms with Gasteiger partial charge in [-0.15, -0.1) is 12.4 Å². The highest BCUT2D eigenvalue weighted by molar-refractivity contribution is 5.85. The Labute approximate surface area is 177 Å². The van der Waals surface area contributed by atoms with Crippen molar-refractivity contribution in [3.8, 4) is 17.2 Å². The largest absolute Gasteiger partial charge is 0.491 e. The second kappa shape index (κ2) is 10.2. The van der Waals surface area contributed by atoms with E-state index in [0.29, 0.717) is 6.54 Å². The van der Waals surface area contributed by atoms with Gasteiger partial charge in [-0.1, -0.05) is 24.3 Å². The van der Waals surface area contributed by atoms with Crippen LogP contribution in [0.1, 0.15) is 18.4 Å². The number of nitrogens with one attached hydrogen (secondary N) is 1. The fourth-order valence-electron chi connectivity index (χ4n) is 3.80. The maximum absolute atomic E-state index is 10.3. The first-order valence-corrected chi connectivity index (χ1v) is 9.80. The number of fused-ring (bicyclic) bond motifs is 1. The van der Waals surface area contributed by atoms with Gasteiger partial charge >= 0.3 is 0 Å². The van der Waals surface area contributed by atoms with Gasteiger partial charge in [-0.3, -0.25) is 0 Å². The minimum atomic E-state index is -0.575. The summed E-state index contributed by atoms with van der Waals surface area (Å²) in [6, 6.07) is 15.7. The third-order valence-electron chi connectivity index (χ3n) is 5.46. The second-order valence-electron chi connectivity index (χ2n) is 7.37. The molecule has 158 valence electrons. The molecule has 0 radical (unpaired) electrons. The normalized spacial score (nSPS) is 18.0. The van der Waals surface area contributed by atoms with Crippen LogP contribution in [0.25, 0.3) is 0 Å². The summed E-state index contributed by atoms with van der Waals surface area (Å²) in [6.45, 7) is 3.24. The third kappa shape index (κ3) is 5.34. The molecule has 6 nitrogen and oxygen atoms in total. The van der Waals surface area contributed by atoms with Gasteiger partial charge in [0, 0.05) is 31.7 Å². The van der Waals surface area contributed by atoms with Crippen molar-refractivity contribution in [2.24, 2.45) is 0 Å². The van der Waals surface area contributed by atoms with Crippen molar-refractivity contribution in [1.82, 2.24) is 5.32 Å². The molecule has 2 N–H and O–H groups in total. The van der Waals surface area contributed by atoms with Crippen LogP contribution in [0, 0.1) is 0 Å². The fourth-order valence-corrected chi connectivity index (χ4v) is 3.80. The predicted octanol–water partition coefficient (Wildman–Crippen LogP) is 2.91. The molecule has 0 aliphatic carbocycles. The van der Waals surface area contributed by atoms with Crippen molar-refractivity contribution in [1.29, 1.82) is 0 Å². The average Bonchev–Trinajstić information content (AvgIpc) is 3.22. The highest BCUT2D eigenvalue weighted by Crippen LogP contribution is 2.40. The molecular formula is C22H28ClNO5. The molecule has 1 fully saturated rings. The first kappa shape index (κ1) is 21.7. The maximum Gasteiger partial charge on any atom is 0.231 e. The van der Waals surface area contributed by atoms with Crippen LogP contribution in [0.5, 0.6) is 17.2 Å². The first-order chi connectivity index (χ1) is 13.8. The molecule has 2 aliphatic rings. The molecule has 2 aliphatic heterocycles. The summed E-state index contributed by atoms with van der Waals surface area (Å²) in [4.78, 5) is 0. The molecule has 2 heterocycles. The second-order valence-corrected chi connectivity index (χ2v) is 7.37. The van der Waals surface area contributed by atoms with Gasteiger partial charge in [0.05, 0.1) is 0 Å². The molecule has 1 saturated heterocycles. The summed E-state index contributed by atoms with van der Waals surface area (Å²) in [5.41, 5.74) is 1.18. The van der Waals surface area contributed by atoms with Gasteiger partial charge < -0.3 is 29.4 Å². The summed E-state index contributed by atoms with van der Waals surface area (Å²) in [7, 11) is 0.